The van der Waals surface area contributed by atoms with Gasteiger partial charge >= 0.3 is 11.9 Å². The maximum absolute atomic E-state index is 11.9. The number of ether oxygens (including phenoxy) is 1. The number of hydrogen-bond acceptors (Lipinski definition) is 6. The lowest BCUT2D eigenvalue weighted by atomic mass is 10.1. The minimum Gasteiger partial charge on any atom is -0.481 e. The molecule has 0 fully saturated rings. The first-order chi connectivity index (χ1) is 13.8. The Morgan fingerprint density at radius 1 is 1.17 bits per heavy atom. The summed E-state index contributed by atoms with van der Waals surface area (Å²) in [5, 5.41) is 8.68. The van der Waals surface area contributed by atoms with Gasteiger partial charge in [0, 0.05) is 30.9 Å². The molecule has 0 saturated heterocycles. The molecular formula is C21H22N4O4. The van der Waals surface area contributed by atoms with Crippen molar-refractivity contribution in [3.05, 3.63) is 42.2 Å². The van der Waals surface area contributed by atoms with E-state index in [4.69, 9.17) is 9.84 Å². The van der Waals surface area contributed by atoms with Crippen molar-refractivity contribution in [2.45, 2.75) is 51.7 Å². The molecule has 3 aromatic rings. The quantitative estimate of drug-likeness (QED) is 0.640. The Balaban J connectivity index is 1.53. The Bertz CT molecular complexity index is 1090. The van der Waals surface area contributed by atoms with Crippen LogP contribution in [0.3, 0.4) is 0 Å². The van der Waals surface area contributed by atoms with Crippen LogP contribution in [0.5, 0.6) is 0 Å². The van der Waals surface area contributed by atoms with Crippen LogP contribution in [0.2, 0.25) is 0 Å². The van der Waals surface area contributed by atoms with E-state index in [1.54, 1.807) is 26.2 Å². The average molecular weight is 394 g/mol. The number of fused-ring (bicyclic) bond motifs is 3. The van der Waals surface area contributed by atoms with Gasteiger partial charge in [-0.1, -0.05) is 6.07 Å². The Kier molecular flexibility index (Phi) is 4.77. The molecule has 1 N–H and O–H groups in total. The van der Waals surface area contributed by atoms with Gasteiger partial charge in [0.25, 0.3) is 0 Å². The zero-order valence-electron chi connectivity index (χ0n) is 16.4. The standard InChI is InChI=1S/C21H22N4O4/c1-21(2,29-19(28)8-7-18(26)27)20-22-11-14(12-23-20)13-5-6-15-16(10-13)25-9-3-4-17(25)24-15/h5-6,10-12H,3-4,7-9H2,1-2H3,(H,26,27). The highest BCUT2D eigenvalue weighted by Crippen LogP contribution is 2.28. The number of aryl methyl sites for hydroxylation is 2. The number of aliphatic carboxylic acids is 1. The molecule has 0 atom stereocenters. The van der Waals surface area contributed by atoms with Gasteiger partial charge < -0.3 is 14.4 Å². The fraction of sp³-hybridized carbons (Fsp3) is 0.381. The predicted octanol–water partition coefficient (Wildman–Crippen LogP) is 3.08. The summed E-state index contributed by atoms with van der Waals surface area (Å²) in [7, 11) is 0. The number of hydrogen-bond donors (Lipinski definition) is 1. The van der Waals surface area contributed by atoms with Crippen LogP contribution < -0.4 is 0 Å². The lowest BCUT2D eigenvalue weighted by Crippen LogP contribution is -2.28. The third-order valence-electron chi connectivity index (χ3n) is 5.05. The van der Waals surface area contributed by atoms with Gasteiger partial charge in [-0.15, -0.1) is 0 Å². The second kappa shape index (κ2) is 7.27. The molecule has 2 aromatic heterocycles. The number of nitrogens with zero attached hydrogens (tertiary/aromatic N) is 4. The van der Waals surface area contributed by atoms with E-state index < -0.39 is 17.5 Å². The molecular weight excluding hydrogens is 372 g/mol. The van der Waals surface area contributed by atoms with E-state index in [9.17, 15) is 9.59 Å². The van der Waals surface area contributed by atoms with Crippen molar-refractivity contribution in [3.63, 3.8) is 0 Å². The summed E-state index contributed by atoms with van der Waals surface area (Å²) in [6, 6.07) is 6.12. The Morgan fingerprint density at radius 3 is 2.66 bits per heavy atom. The molecule has 1 aromatic carbocycles. The fourth-order valence-electron chi connectivity index (χ4n) is 3.57. The van der Waals surface area contributed by atoms with Crippen LogP contribution in [-0.4, -0.2) is 36.6 Å². The van der Waals surface area contributed by atoms with E-state index >= 15 is 0 Å². The van der Waals surface area contributed by atoms with Gasteiger partial charge in [0.15, 0.2) is 11.4 Å². The predicted molar refractivity (Wildman–Crippen MR) is 105 cm³/mol. The second-order valence-corrected chi connectivity index (χ2v) is 7.66. The van der Waals surface area contributed by atoms with Crippen molar-refractivity contribution in [2.24, 2.45) is 0 Å². The van der Waals surface area contributed by atoms with Crippen LogP contribution in [0.25, 0.3) is 22.2 Å². The van der Waals surface area contributed by atoms with Crippen molar-refractivity contribution in [1.29, 1.82) is 0 Å². The van der Waals surface area contributed by atoms with E-state index in [0.29, 0.717) is 5.82 Å². The molecule has 0 saturated carbocycles. The van der Waals surface area contributed by atoms with Gasteiger partial charge in [-0.05, 0) is 38.0 Å². The number of esters is 1. The van der Waals surface area contributed by atoms with Crippen LogP contribution in [-0.2, 0) is 32.9 Å². The van der Waals surface area contributed by atoms with Crippen LogP contribution >= 0.6 is 0 Å². The van der Waals surface area contributed by atoms with Crippen molar-refractivity contribution in [1.82, 2.24) is 19.5 Å². The first-order valence-electron chi connectivity index (χ1n) is 9.59. The summed E-state index contributed by atoms with van der Waals surface area (Å²) in [6.07, 6.45) is 5.10. The normalized spacial score (nSPS) is 13.4. The monoisotopic (exact) mass is 394 g/mol. The molecule has 0 unspecified atom stereocenters. The van der Waals surface area contributed by atoms with Gasteiger partial charge in [-0.25, -0.2) is 15.0 Å². The maximum atomic E-state index is 11.9. The van der Waals surface area contributed by atoms with E-state index in [-0.39, 0.29) is 12.8 Å². The smallest absolute Gasteiger partial charge is 0.307 e. The molecule has 3 heterocycles. The lowest BCUT2D eigenvalue weighted by molar-refractivity contribution is -0.160. The average Bonchev–Trinajstić information content (AvgIpc) is 3.27. The van der Waals surface area contributed by atoms with Crippen molar-refractivity contribution >= 4 is 23.0 Å². The third kappa shape index (κ3) is 3.83. The Morgan fingerprint density at radius 2 is 1.93 bits per heavy atom. The number of carboxylic acid groups (broad SMARTS) is 1. The summed E-state index contributed by atoms with van der Waals surface area (Å²) in [5.74, 6) is -0.141. The zero-order chi connectivity index (χ0) is 20.6. The van der Waals surface area contributed by atoms with Gasteiger partial charge in [0.2, 0.25) is 0 Å². The summed E-state index contributed by atoms with van der Waals surface area (Å²) in [4.78, 5) is 35.9. The SMILES string of the molecule is CC(C)(OC(=O)CCC(=O)O)c1ncc(-c2ccc3nc4n(c3c2)CCC4)cn1. The molecule has 0 radical (unpaired) electrons. The van der Waals surface area contributed by atoms with Crippen molar-refractivity contribution in [3.8, 4) is 11.1 Å². The third-order valence-corrected chi connectivity index (χ3v) is 5.05. The van der Waals surface area contributed by atoms with Gasteiger partial charge in [-0.2, -0.15) is 0 Å². The topological polar surface area (TPSA) is 107 Å². The molecule has 8 nitrogen and oxygen atoms in total. The molecule has 0 amide bonds. The lowest BCUT2D eigenvalue weighted by Gasteiger charge is -2.23. The maximum Gasteiger partial charge on any atom is 0.307 e. The molecule has 150 valence electrons. The first-order valence-corrected chi connectivity index (χ1v) is 9.59. The molecule has 8 heteroatoms. The molecule has 0 aliphatic carbocycles. The first kappa shape index (κ1) is 19.0. The van der Waals surface area contributed by atoms with Crippen molar-refractivity contribution in [2.75, 3.05) is 0 Å². The number of carboxylic acids is 1. The number of rotatable bonds is 6. The number of carbonyl (C=O) groups excluding carboxylic acids is 1. The van der Waals surface area contributed by atoms with E-state index in [1.807, 2.05) is 12.1 Å². The van der Waals surface area contributed by atoms with E-state index in [0.717, 1.165) is 47.4 Å². The number of aromatic nitrogens is 4. The van der Waals surface area contributed by atoms with Crippen LogP contribution in [0.15, 0.2) is 30.6 Å². The molecule has 1 aliphatic rings. The summed E-state index contributed by atoms with van der Waals surface area (Å²) in [5.41, 5.74) is 2.92. The number of benzene rings is 1. The van der Waals surface area contributed by atoms with Gasteiger partial charge in [0.1, 0.15) is 5.82 Å². The Hall–Kier alpha value is -3.29. The largest absolute Gasteiger partial charge is 0.481 e. The van der Waals surface area contributed by atoms with Crippen LogP contribution in [0.4, 0.5) is 0 Å². The molecule has 0 spiro atoms. The summed E-state index contributed by atoms with van der Waals surface area (Å²) >= 11 is 0. The zero-order valence-corrected chi connectivity index (χ0v) is 16.4. The van der Waals surface area contributed by atoms with Gasteiger partial charge in [-0.3, -0.25) is 9.59 Å². The minimum absolute atomic E-state index is 0.188. The van der Waals surface area contributed by atoms with Crippen LogP contribution in [0.1, 0.15) is 44.8 Å². The highest BCUT2D eigenvalue weighted by Gasteiger charge is 2.28. The molecule has 0 bridgehead atoms. The number of imidazole rings is 1. The van der Waals surface area contributed by atoms with E-state index in [2.05, 4.69) is 25.6 Å². The Labute approximate surface area is 167 Å². The fourth-order valence-corrected chi connectivity index (χ4v) is 3.57. The molecule has 29 heavy (non-hydrogen) atoms. The van der Waals surface area contributed by atoms with Crippen molar-refractivity contribution < 1.29 is 19.4 Å². The molecule has 1 aliphatic heterocycles. The van der Waals surface area contributed by atoms with Gasteiger partial charge in [0.05, 0.1) is 23.9 Å². The number of carbonyl (C=O) groups is 2. The minimum atomic E-state index is -1.05. The van der Waals surface area contributed by atoms with Crippen LogP contribution in [0, 0.1) is 0 Å². The highest BCUT2D eigenvalue weighted by molar-refractivity contribution is 5.82. The van der Waals surface area contributed by atoms with E-state index in [1.165, 1.54) is 0 Å². The molecule has 4 rings (SSSR count). The highest BCUT2D eigenvalue weighted by atomic mass is 16.6. The summed E-state index contributed by atoms with van der Waals surface area (Å²) in [6.45, 7) is 4.36. The second-order valence-electron chi connectivity index (χ2n) is 7.66. The summed E-state index contributed by atoms with van der Waals surface area (Å²) < 4.78 is 7.64.